The molecule has 126 valence electrons. The van der Waals surface area contributed by atoms with Crippen molar-refractivity contribution in [2.75, 3.05) is 7.05 Å². The van der Waals surface area contributed by atoms with Crippen LogP contribution in [0.25, 0.3) is 0 Å². The Bertz CT molecular complexity index is 595. The molecular formula is C15H21N3O5. The van der Waals surface area contributed by atoms with E-state index in [0.29, 0.717) is 5.56 Å². The molecule has 1 aromatic rings. The van der Waals surface area contributed by atoms with Crippen LogP contribution in [0.1, 0.15) is 26.3 Å². The van der Waals surface area contributed by atoms with Gasteiger partial charge in [0.05, 0.1) is 4.92 Å². The molecule has 1 rings (SSSR count). The molecule has 8 nitrogen and oxygen atoms in total. The smallest absolute Gasteiger partial charge is 0.408 e. The van der Waals surface area contributed by atoms with Crippen LogP contribution in [0.3, 0.4) is 0 Å². The highest BCUT2D eigenvalue weighted by atomic mass is 16.6. The summed E-state index contributed by atoms with van der Waals surface area (Å²) in [5.74, 6) is -0.414. The Kier molecular flexibility index (Phi) is 6.06. The number of nitrogens with one attached hydrogen (secondary N) is 2. The molecule has 0 unspecified atom stereocenters. The summed E-state index contributed by atoms with van der Waals surface area (Å²) < 4.78 is 5.12. The Balaban J connectivity index is 2.87. The van der Waals surface area contributed by atoms with E-state index in [2.05, 4.69) is 10.6 Å². The van der Waals surface area contributed by atoms with Gasteiger partial charge in [0.1, 0.15) is 11.6 Å². The first-order chi connectivity index (χ1) is 10.6. The molecule has 0 radical (unpaired) electrons. The number of ether oxygens (including phenoxy) is 1. The average Bonchev–Trinajstić information content (AvgIpc) is 2.44. The zero-order valence-corrected chi connectivity index (χ0v) is 13.6. The lowest BCUT2D eigenvalue weighted by Gasteiger charge is -2.23. The number of likely N-dealkylation sites (N-methyl/N-ethyl adjacent to an activating group) is 1. The van der Waals surface area contributed by atoms with Crippen molar-refractivity contribution in [3.63, 3.8) is 0 Å². The fraction of sp³-hybridized carbons (Fsp3) is 0.467. The number of carbonyl (C=O) groups excluding carboxylic acids is 2. The van der Waals surface area contributed by atoms with Gasteiger partial charge in [-0.05, 0) is 26.3 Å². The minimum atomic E-state index is -0.892. The highest BCUT2D eigenvalue weighted by Crippen LogP contribution is 2.15. The molecule has 0 saturated carbocycles. The molecule has 0 aliphatic rings. The highest BCUT2D eigenvalue weighted by molar-refractivity contribution is 5.85. The van der Waals surface area contributed by atoms with Gasteiger partial charge in [0.15, 0.2) is 0 Å². The van der Waals surface area contributed by atoms with Crippen LogP contribution in [0, 0.1) is 10.1 Å². The topological polar surface area (TPSA) is 111 Å². The summed E-state index contributed by atoms with van der Waals surface area (Å²) in [6.45, 7) is 5.13. The second-order valence-corrected chi connectivity index (χ2v) is 5.94. The van der Waals surface area contributed by atoms with E-state index < -0.39 is 28.6 Å². The van der Waals surface area contributed by atoms with Crippen molar-refractivity contribution in [3.8, 4) is 0 Å². The maximum atomic E-state index is 11.9. The molecule has 8 heteroatoms. The van der Waals surface area contributed by atoms with Crippen molar-refractivity contribution >= 4 is 17.7 Å². The minimum Gasteiger partial charge on any atom is -0.444 e. The molecule has 1 aromatic carbocycles. The molecule has 2 N–H and O–H groups in total. The lowest BCUT2D eigenvalue weighted by molar-refractivity contribution is -0.384. The summed E-state index contributed by atoms with van der Waals surface area (Å²) in [6, 6.07) is 5.02. The van der Waals surface area contributed by atoms with Gasteiger partial charge in [0.2, 0.25) is 5.91 Å². The molecular weight excluding hydrogens is 302 g/mol. The van der Waals surface area contributed by atoms with E-state index in [1.54, 1.807) is 26.8 Å². The number of nitro groups is 1. The van der Waals surface area contributed by atoms with E-state index in [9.17, 15) is 19.7 Å². The normalized spacial score (nSPS) is 12.2. The van der Waals surface area contributed by atoms with Crippen molar-refractivity contribution < 1.29 is 19.2 Å². The number of amides is 2. The Hall–Kier alpha value is -2.64. The van der Waals surface area contributed by atoms with E-state index in [1.807, 2.05) is 0 Å². The van der Waals surface area contributed by atoms with E-state index in [4.69, 9.17) is 4.74 Å². The van der Waals surface area contributed by atoms with E-state index in [-0.39, 0.29) is 12.1 Å². The number of carbonyl (C=O) groups is 2. The second-order valence-electron chi connectivity index (χ2n) is 5.94. The fourth-order valence-corrected chi connectivity index (χ4v) is 1.87. The third kappa shape index (κ3) is 6.33. The Morgan fingerprint density at radius 2 is 2.00 bits per heavy atom. The molecule has 0 aliphatic carbocycles. The van der Waals surface area contributed by atoms with Gasteiger partial charge < -0.3 is 15.4 Å². The number of rotatable bonds is 5. The van der Waals surface area contributed by atoms with Crippen LogP contribution in [0.2, 0.25) is 0 Å². The lowest BCUT2D eigenvalue weighted by atomic mass is 10.0. The molecule has 0 spiro atoms. The predicted molar refractivity (Wildman–Crippen MR) is 84.0 cm³/mol. The van der Waals surface area contributed by atoms with E-state index in [0.717, 1.165) is 0 Å². The van der Waals surface area contributed by atoms with Gasteiger partial charge in [-0.1, -0.05) is 12.1 Å². The number of nitro benzene ring substituents is 1. The van der Waals surface area contributed by atoms with Crippen LogP contribution in [0.5, 0.6) is 0 Å². The summed E-state index contributed by atoms with van der Waals surface area (Å²) in [7, 11) is 1.44. The summed E-state index contributed by atoms with van der Waals surface area (Å²) in [5.41, 5.74) is -0.206. The average molecular weight is 323 g/mol. The first-order valence-corrected chi connectivity index (χ1v) is 7.07. The van der Waals surface area contributed by atoms with Gasteiger partial charge in [-0.3, -0.25) is 14.9 Å². The third-order valence-electron chi connectivity index (χ3n) is 2.82. The Morgan fingerprint density at radius 1 is 1.35 bits per heavy atom. The number of benzene rings is 1. The standard InChI is InChI=1S/C15H21N3O5/c1-15(2,3)23-14(20)17-12(13(19)16-4)9-10-6-5-7-11(8-10)18(21)22/h5-8,12H,9H2,1-4H3,(H,16,19)(H,17,20)/t12-/m0/s1. The third-order valence-corrected chi connectivity index (χ3v) is 2.82. The van der Waals surface area contributed by atoms with E-state index >= 15 is 0 Å². The SMILES string of the molecule is CNC(=O)[C@H](Cc1cccc([N+](=O)[O-])c1)NC(=O)OC(C)(C)C. The zero-order chi connectivity index (χ0) is 17.6. The molecule has 0 saturated heterocycles. The van der Waals surface area contributed by atoms with Crippen LogP contribution in [-0.4, -0.2) is 35.6 Å². The molecule has 0 heterocycles. The van der Waals surface area contributed by atoms with Crippen molar-refractivity contribution in [2.45, 2.75) is 38.8 Å². The van der Waals surface area contributed by atoms with Crippen LogP contribution >= 0.6 is 0 Å². The monoisotopic (exact) mass is 323 g/mol. The summed E-state index contributed by atoms with van der Waals surface area (Å²) >= 11 is 0. The van der Waals surface area contributed by atoms with Gasteiger partial charge in [-0.15, -0.1) is 0 Å². The molecule has 2 amide bonds. The lowest BCUT2D eigenvalue weighted by Crippen LogP contribution is -2.48. The number of non-ortho nitro benzene ring substituents is 1. The van der Waals surface area contributed by atoms with Gasteiger partial charge in [0, 0.05) is 25.6 Å². The molecule has 0 bridgehead atoms. The zero-order valence-electron chi connectivity index (χ0n) is 13.6. The number of hydrogen-bond donors (Lipinski definition) is 2. The number of hydrogen-bond acceptors (Lipinski definition) is 5. The number of nitrogens with zero attached hydrogens (tertiary/aromatic N) is 1. The fourth-order valence-electron chi connectivity index (χ4n) is 1.87. The molecule has 23 heavy (non-hydrogen) atoms. The van der Waals surface area contributed by atoms with Crippen molar-refractivity contribution in [3.05, 3.63) is 39.9 Å². The van der Waals surface area contributed by atoms with Crippen LogP contribution in [0.15, 0.2) is 24.3 Å². The first kappa shape index (κ1) is 18.4. The Morgan fingerprint density at radius 3 is 2.52 bits per heavy atom. The summed E-state index contributed by atoms with van der Waals surface area (Å²) in [6.07, 6.45) is -0.614. The quantitative estimate of drug-likeness (QED) is 0.634. The largest absolute Gasteiger partial charge is 0.444 e. The Labute approximate surface area is 134 Å². The maximum absolute atomic E-state index is 11.9. The minimum absolute atomic E-state index is 0.0737. The predicted octanol–water partition coefficient (Wildman–Crippen LogP) is 1.78. The van der Waals surface area contributed by atoms with Gasteiger partial charge in [-0.25, -0.2) is 4.79 Å². The first-order valence-electron chi connectivity index (χ1n) is 7.07. The summed E-state index contributed by atoms with van der Waals surface area (Å²) in [5, 5.41) is 15.7. The van der Waals surface area contributed by atoms with Gasteiger partial charge in [-0.2, -0.15) is 0 Å². The molecule has 1 atom stereocenters. The van der Waals surface area contributed by atoms with Crippen LogP contribution in [-0.2, 0) is 16.0 Å². The molecule has 0 aliphatic heterocycles. The second kappa shape index (κ2) is 7.57. The van der Waals surface area contributed by atoms with E-state index in [1.165, 1.54) is 25.2 Å². The van der Waals surface area contributed by atoms with Crippen LogP contribution in [0.4, 0.5) is 10.5 Å². The van der Waals surface area contributed by atoms with Gasteiger partial charge >= 0.3 is 6.09 Å². The van der Waals surface area contributed by atoms with Crippen LogP contribution < -0.4 is 10.6 Å². The number of alkyl carbamates (subject to hydrolysis) is 1. The highest BCUT2D eigenvalue weighted by Gasteiger charge is 2.24. The molecule has 0 fully saturated rings. The maximum Gasteiger partial charge on any atom is 0.408 e. The molecule has 0 aromatic heterocycles. The summed E-state index contributed by atoms with van der Waals surface area (Å²) in [4.78, 5) is 34.0. The van der Waals surface area contributed by atoms with Crippen molar-refractivity contribution in [2.24, 2.45) is 0 Å². The van der Waals surface area contributed by atoms with Crippen molar-refractivity contribution in [1.29, 1.82) is 0 Å². The van der Waals surface area contributed by atoms with Gasteiger partial charge in [0.25, 0.3) is 5.69 Å². The van der Waals surface area contributed by atoms with Crippen molar-refractivity contribution in [1.82, 2.24) is 10.6 Å².